The topological polar surface area (TPSA) is 21.7 Å². The SMILES string of the molecule is c1ccc([C@H]2CCN(C[C@H]3CCCc4c3ccc3c4OCO3)C2)cc1. The summed E-state index contributed by atoms with van der Waals surface area (Å²) in [7, 11) is 0. The summed E-state index contributed by atoms with van der Waals surface area (Å²) < 4.78 is 11.3. The Balaban J connectivity index is 1.32. The number of nitrogens with zero attached hydrogens (tertiary/aromatic N) is 1. The molecule has 2 aliphatic heterocycles. The molecule has 3 heteroatoms. The van der Waals surface area contributed by atoms with Gasteiger partial charge in [-0.05, 0) is 61.3 Å². The molecule has 5 rings (SSSR count). The molecule has 2 heterocycles. The highest BCUT2D eigenvalue weighted by Crippen LogP contribution is 2.44. The first-order valence-corrected chi connectivity index (χ1v) is 9.57. The fourth-order valence-electron chi connectivity index (χ4n) is 4.86. The van der Waals surface area contributed by atoms with Crippen molar-refractivity contribution in [2.45, 2.75) is 37.5 Å². The lowest BCUT2D eigenvalue weighted by Crippen LogP contribution is -2.28. The number of benzene rings is 2. The highest BCUT2D eigenvalue weighted by Gasteiger charge is 2.31. The second-order valence-corrected chi connectivity index (χ2v) is 7.61. The van der Waals surface area contributed by atoms with E-state index in [4.69, 9.17) is 9.47 Å². The van der Waals surface area contributed by atoms with Gasteiger partial charge in [0.25, 0.3) is 0 Å². The van der Waals surface area contributed by atoms with Crippen molar-refractivity contribution in [1.29, 1.82) is 0 Å². The summed E-state index contributed by atoms with van der Waals surface area (Å²) in [5.41, 5.74) is 4.40. The van der Waals surface area contributed by atoms with Gasteiger partial charge in [0.05, 0.1) is 0 Å². The van der Waals surface area contributed by atoms with Crippen molar-refractivity contribution in [3.8, 4) is 11.5 Å². The fraction of sp³-hybridized carbons (Fsp3) is 0.455. The third-order valence-corrected chi connectivity index (χ3v) is 6.12. The lowest BCUT2D eigenvalue weighted by molar-refractivity contribution is 0.173. The van der Waals surface area contributed by atoms with Crippen LogP contribution in [0.2, 0.25) is 0 Å². The lowest BCUT2D eigenvalue weighted by Gasteiger charge is -2.30. The monoisotopic (exact) mass is 335 g/mol. The second kappa shape index (κ2) is 6.38. The van der Waals surface area contributed by atoms with Crippen LogP contribution in [0.3, 0.4) is 0 Å². The van der Waals surface area contributed by atoms with Crippen LogP contribution in [-0.2, 0) is 6.42 Å². The highest BCUT2D eigenvalue weighted by molar-refractivity contribution is 5.54. The summed E-state index contributed by atoms with van der Waals surface area (Å²) in [5, 5.41) is 0. The molecule has 0 radical (unpaired) electrons. The Kier molecular flexibility index (Phi) is 3.90. The van der Waals surface area contributed by atoms with E-state index in [2.05, 4.69) is 47.4 Å². The maximum atomic E-state index is 5.75. The van der Waals surface area contributed by atoms with Crippen molar-refractivity contribution >= 4 is 0 Å². The molecule has 3 nitrogen and oxygen atoms in total. The first-order chi connectivity index (χ1) is 12.4. The van der Waals surface area contributed by atoms with Crippen LogP contribution in [0.4, 0.5) is 0 Å². The van der Waals surface area contributed by atoms with E-state index in [0.717, 1.165) is 17.9 Å². The lowest BCUT2D eigenvalue weighted by atomic mass is 9.82. The minimum absolute atomic E-state index is 0.376. The van der Waals surface area contributed by atoms with Crippen LogP contribution in [0.1, 0.15) is 47.8 Å². The quantitative estimate of drug-likeness (QED) is 0.833. The third kappa shape index (κ3) is 2.81. The zero-order chi connectivity index (χ0) is 16.6. The summed E-state index contributed by atoms with van der Waals surface area (Å²) in [6.45, 7) is 3.97. The van der Waals surface area contributed by atoms with Gasteiger partial charge in [-0.2, -0.15) is 0 Å². The van der Waals surface area contributed by atoms with Gasteiger partial charge in [-0.15, -0.1) is 0 Å². The largest absolute Gasteiger partial charge is 0.454 e. The predicted octanol–water partition coefficient (Wildman–Crippen LogP) is 4.32. The number of fused-ring (bicyclic) bond motifs is 3. The number of hydrogen-bond acceptors (Lipinski definition) is 3. The Hall–Kier alpha value is -2.00. The normalized spacial score (nSPS) is 25.1. The van der Waals surface area contributed by atoms with Crippen LogP contribution in [0, 0.1) is 0 Å². The van der Waals surface area contributed by atoms with Crippen molar-refractivity contribution in [2.75, 3.05) is 26.4 Å². The molecule has 25 heavy (non-hydrogen) atoms. The van der Waals surface area contributed by atoms with Gasteiger partial charge >= 0.3 is 0 Å². The predicted molar refractivity (Wildman–Crippen MR) is 98.5 cm³/mol. The molecule has 1 fully saturated rings. The highest BCUT2D eigenvalue weighted by atomic mass is 16.7. The number of ether oxygens (including phenoxy) is 2. The Labute approximate surface area is 149 Å². The molecule has 0 bridgehead atoms. The molecule has 0 spiro atoms. The third-order valence-electron chi connectivity index (χ3n) is 6.12. The first-order valence-electron chi connectivity index (χ1n) is 9.57. The molecule has 1 saturated heterocycles. The van der Waals surface area contributed by atoms with E-state index in [1.165, 1.54) is 55.6 Å². The molecule has 2 atom stereocenters. The van der Waals surface area contributed by atoms with Crippen molar-refractivity contribution < 1.29 is 9.47 Å². The zero-order valence-corrected chi connectivity index (χ0v) is 14.6. The minimum atomic E-state index is 0.376. The first kappa shape index (κ1) is 15.3. The fourth-order valence-corrected chi connectivity index (χ4v) is 4.86. The number of rotatable bonds is 3. The summed E-state index contributed by atoms with van der Waals surface area (Å²) in [5.74, 6) is 3.28. The van der Waals surface area contributed by atoms with Gasteiger partial charge in [0.2, 0.25) is 6.79 Å². The molecule has 1 aliphatic carbocycles. The summed E-state index contributed by atoms with van der Waals surface area (Å²) in [6.07, 6.45) is 4.96. The molecular formula is C22H25NO2. The maximum absolute atomic E-state index is 5.75. The van der Waals surface area contributed by atoms with E-state index < -0.39 is 0 Å². The second-order valence-electron chi connectivity index (χ2n) is 7.61. The van der Waals surface area contributed by atoms with Crippen LogP contribution >= 0.6 is 0 Å². The molecule has 2 aromatic rings. The van der Waals surface area contributed by atoms with Gasteiger partial charge in [-0.1, -0.05) is 36.4 Å². The molecule has 3 aliphatic rings. The van der Waals surface area contributed by atoms with Gasteiger partial charge in [0, 0.05) is 18.7 Å². The molecule has 2 aromatic carbocycles. The zero-order valence-electron chi connectivity index (χ0n) is 14.6. The number of likely N-dealkylation sites (tertiary alicyclic amines) is 1. The van der Waals surface area contributed by atoms with E-state index >= 15 is 0 Å². The van der Waals surface area contributed by atoms with Crippen LogP contribution < -0.4 is 9.47 Å². The van der Waals surface area contributed by atoms with E-state index in [1.807, 2.05) is 0 Å². The minimum Gasteiger partial charge on any atom is -0.454 e. The average Bonchev–Trinajstić information content (AvgIpc) is 3.32. The van der Waals surface area contributed by atoms with Gasteiger partial charge < -0.3 is 14.4 Å². The molecule has 0 saturated carbocycles. The van der Waals surface area contributed by atoms with Gasteiger partial charge in [0.1, 0.15) is 0 Å². The smallest absolute Gasteiger partial charge is 0.231 e. The number of hydrogen-bond donors (Lipinski definition) is 0. The molecule has 0 N–H and O–H groups in total. The Morgan fingerprint density at radius 2 is 1.92 bits per heavy atom. The Morgan fingerprint density at radius 1 is 1.00 bits per heavy atom. The molecule has 0 amide bonds. The average molecular weight is 335 g/mol. The molecule has 0 aromatic heterocycles. The van der Waals surface area contributed by atoms with Gasteiger partial charge in [-0.3, -0.25) is 0 Å². The van der Waals surface area contributed by atoms with Crippen molar-refractivity contribution in [3.05, 3.63) is 59.2 Å². The summed E-state index contributed by atoms with van der Waals surface area (Å²) >= 11 is 0. The summed E-state index contributed by atoms with van der Waals surface area (Å²) in [4.78, 5) is 2.67. The standard InChI is InChI=1S/C22H25NO2/c1-2-5-16(6-3-1)17-11-12-23(13-17)14-18-7-4-8-20-19(18)9-10-21-22(20)25-15-24-21/h1-3,5-6,9-10,17-18H,4,7-8,11-15H2/t17-,18+/m0/s1. The van der Waals surface area contributed by atoms with Crippen molar-refractivity contribution in [1.82, 2.24) is 4.90 Å². The van der Waals surface area contributed by atoms with Gasteiger partial charge in [-0.25, -0.2) is 0 Å². The van der Waals surface area contributed by atoms with E-state index in [0.29, 0.717) is 18.6 Å². The van der Waals surface area contributed by atoms with Crippen LogP contribution in [0.25, 0.3) is 0 Å². The molecule has 130 valence electrons. The van der Waals surface area contributed by atoms with Crippen LogP contribution in [-0.4, -0.2) is 31.3 Å². The van der Waals surface area contributed by atoms with Crippen molar-refractivity contribution in [3.63, 3.8) is 0 Å². The van der Waals surface area contributed by atoms with E-state index in [-0.39, 0.29) is 0 Å². The van der Waals surface area contributed by atoms with Crippen LogP contribution in [0.15, 0.2) is 42.5 Å². The Morgan fingerprint density at radius 3 is 2.84 bits per heavy atom. The van der Waals surface area contributed by atoms with Gasteiger partial charge in [0.15, 0.2) is 11.5 Å². The van der Waals surface area contributed by atoms with E-state index in [9.17, 15) is 0 Å². The Bertz CT molecular complexity index is 758. The van der Waals surface area contributed by atoms with E-state index in [1.54, 1.807) is 0 Å². The molecular weight excluding hydrogens is 310 g/mol. The summed E-state index contributed by atoms with van der Waals surface area (Å²) in [6, 6.07) is 15.4. The van der Waals surface area contributed by atoms with Crippen LogP contribution in [0.5, 0.6) is 11.5 Å². The maximum Gasteiger partial charge on any atom is 0.231 e. The molecule has 0 unspecified atom stereocenters. The van der Waals surface area contributed by atoms with Crippen molar-refractivity contribution in [2.24, 2.45) is 0 Å².